The molecule has 32 heavy (non-hydrogen) atoms. The molecule has 0 aliphatic heterocycles. The fourth-order valence-electron chi connectivity index (χ4n) is 3.32. The summed E-state index contributed by atoms with van der Waals surface area (Å²) in [7, 11) is 1.83. The van der Waals surface area contributed by atoms with Crippen molar-refractivity contribution in [2.45, 2.75) is 24.0 Å². The van der Waals surface area contributed by atoms with Crippen molar-refractivity contribution in [1.82, 2.24) is 9.55 Å². The maximum Gasteiger partial charge on any atom is 0.416 e. The van der Waals surface area contributed by atoms with Crippen LogP contribution in [0.3, 0.4) is 0 Å². The molecule has 0 spiro atoms. The predicted octanol–water partition coefficient (Wildman–Crippen LogP) is 7.26. The van der Waals surface area contributed by atoms with Gasteiger partial charge in [0, 0.05) is 24.2 Å². The lowest BCUT2D eigenvalue weighted by Crippen LogP contribution is -2.14. The standard InChI is InChI=1S/C25H22F3N3S/c1-18-8-10-19(11-9-18)17-32-24-29-16-23(31(24)22-6-4-3-5-7-22)30(2)21-14-12-20(13-15-21)25(26,27)28/h3-16H,17H2,1-2H3. The molecule has 0 aliphatic rings. The second kappa shape index (κ2) is 9.12. The van der Waals surface area contributed by atoms with Gasteiger partial charge in [0.1, 0.15) is 5.82 Å². The molecule has 0 atom stereocenters. The van der Waals surface area contributed by atoms with Crippen LogP contribution < -0.4 is 4.90 Å². The Morgan fingerprint density at radius 1 is 0.906 bits per heavy atom. The molecule has 0 radical (unpaired) electrons. The Kier molecular flexibility index (Phi) is 6.28. The van der Waals surface area contributed by atoms with Gasteiger partial charge in [-0.1, -0.05) is 59.8 Å². The molecule has 0 unspecified atom stereocenters. The monoisotopic (exact) mass is 453 g/mol. The minimum Gasteiger partial charge on any atom is -0.329 e. The molecule has 0 fully saturated rings. The molecule has 3 nitrogen and oxygen atoms in total. The molecule has 7 heteroatoms. The van der Waals surface area contributed by atoms with E-state index in [1.807, 2.05) is 46.8 Å². The van der Waals surface area contributed by atoms with Crippen LogP contribution in [0.2, 0.25) is 0 Å². The number of aryl methyl sites for hydroxylation is 1. The van der Waals surface area contributed by atoms with E-state index < -0.39 is 11.7 Å². The van der Waals surface area contributed by atoms with Gasteiger partial charge in [0.05, 0.1) is 11.8 Å². The Balaban J connectivity index is 1.66. The van der Waals surface area contributed by atoms with Crippen LogP contribution in [0, 0.1) is 6.92 Å². The molecule has 0 N–H and O–H groups in total. The number of nitrogens with zero attached hydrogens (tertiary/aromatic N) is 3. The number of hydrogen-bond donors (Lipinski definition) is 0. The van der Waals surface area contributed by atoms with Gasteiger partial charge in [-0.2, -0.15) is 13.2 Å². The first kappa shape index (κ1) is 22.0. The number of imidazole rings is 1. The van der Waals surface area contributed by atoms with Crippen LogP contribution in [0.1, 0.15) is 16.7 Å². The topological polar surface area (TPSA) is 21.1 Å². The number of para-hydroxylation sites is 1. The van der Waals surface area contributed by atoms with E-state index in [1.165, 1.54) is 23.3 Å². The molecule has 164 valence electrons. The number of hydrogen-bond acceptors (Lipinski definition) is 3. The minimum atomic E-state index is -4.36. The van der Waals surface area contributed by atoms with E-state index in [-0.39, 0.29) is 0 Å². The summed E-state index contributed by atoms with van der Waals surface area (Å²) in [4.78, 5) is 6.48. The van der Waals surface area contributed by atoms with Crippen molar-refractivity contribution in [2.24, 2.45) is 0 Å². The Morgan fingerprint density at radius 2 is 1.56 bits per heavy atom. The number of benzene rings is 3. The molecule has 0 amide bonds. The fourth-order valence-corrected chi connectivity index (χ4v) is 4.27. The van der Waals surface area contributed by atoms with Gasteiger partial charge >= 0.3 is 6.18 Å². The van der Waals surface area contributed by atoms with Gasteiger partial charge in [-0.3, -0.25) is 4.57 Å². The number of anilines is 2. The molecule has 4 rings (SSSR count). The van der Waals surface area contributed by atoms with Crippen molar-refractivity contribution in [1.29, 1.82) is 0 Å². The Morgan fingerprint density at radius 3 is 2.19 bits per heavy atom. The van der Waals surface area contributed by atoms with Gasteiger partial charge in [0.15, 0.2) is 5.16 Å². The molecule has 3 aromatic carbocycles. The molecular formula is C25H22F3N3S. The number of aromatic nitrogens is 2. The van der Waals surface area contributed by atoms with E-state index in [0.29, 0.717) is 5.69 Å². The average molecular weight is 454 g/mol. The molecule has 0 saturated carbocycles. The number of thioether (sulfide) groups is 1. The molecule has 4 aromatic rings. The molecule has 1 aromatic heterocycles. The summed E-state index contributed by atoms with van der Waals surface area (Å²) in [5.41, 5.74) is 3.32. The Hall–Kier alpha value is -3.19. The summed E-state index contributed by atoms with van der Waals surface area (Å²) in [6.07, 6.45) is -2.61. The lowest BCUT2D eigenvalue weighted by atomic mass is 10.2. The minimum absolute atomic E-state index is 0.644. The van der Waals surface area contributed by atoms with Crippen LogP contribution in [0.15, 0.2) is 90.2 Å². The first-order chi connectivity index (χ1) is 15.3. The highest BCUT2D eigenvalue weighted by Crippen LogP contribution is 2.35. The summed E-state index contributed by atoms with van der Waals surface area (Å²) >= 11 is 1.62. The summed E-state index contributed by atoms with van der Waals surface area (Å²) in [6.45, 7) is 2.06. The molecule has 0 bridgehead atoms. The number of alkyl halides is 3. The highest BCUT2D eigenvalue weighted by molar-refractivity contribution is 7.98. The van der Waals surface area contributed by atoms with E-state index in [2.05, 4.69) is 36.2 Å². The van der Waals surface area contributed by atoms with Gasteiger partial charge in [-0.25, -0.2) is 4.98 Å². The van der Waals surface area contributed by atoms with Gasteiger partial charge in [-0.05, 0) is 48.9 Å². The van der Waals surface area contributed by atoms with E-state index in [1.54, 1.807) is 18.0 Å². The first-order valence-electron chi connectivity index (χ1n) is 10.1. The number of rotatable bonds is 6. The maximum atomic E-state index is 12.9. The summed E-state index contributed by atoms with van der Waals surface area (Å²) in [5, 5.41) is 0.811. The first-order valence-corrected chi connectivity index (χ1v) is 11.0. The second-order valence-corrected chi connectivity index (χ2v) is 8.39. The normalized spacial score (nSPS) is 11.5. The largest absolute Gasteiger partial charge is 0.416 e. The Labute approximate surface area is 189 Å². The quantitative estimate of drug-likeness (QED) is 0.287. The number of halogens is 3. The van der Waals surface area contributed by atoms with Crippen molar-refractivity contribution in [3.8, 4) is 5.69 Å². The second-order valence-electron chi connectivity index (χ2n) is 7.45. The molecule has 1 heterocycles. The van der Waals surface area contributed by atoms with Crippen LogP contribution >= 0.6 is 11.8 Å². The zero-order valence-corrected chi connectivity index (χ0v) is 18.5. The van der Waals surface area contributed by atoms with E-state index in [4.69, 9.17) is 0 Å². The van der Waals surface area contributed by atoms with Crippen molar-refractivity contribution in [3.05, 3.63) is 102 Å². The highest BCUT2D eigenvalue weighted by Gasteiger charge is 2.30. The average Bonchev–Trinajstić information content (AvgIpc) is 3.22. The summed E-state index contributed by atoms with van der Waals surface area (Å²) in [5.74, 6) is 1.52. The molecule has 0 aliphatic carbocycles. The third-order valence-corrected chi connectivity index (χ3v) is 6.16. The van der Waals surface area contributed by atoms with Crippen LogP contribution in [0.25, 0.3) is 5.69 Å². The van der Waals surface area contributed by atoms with Crippen molar-refractivity contribution < 1.29 is 13.2 Å². The van der Waals surface area contributed by atoms with Crippen LogP contribution in [0.4, 0.5) is 24.7 Å². The predicted molar refractivity (Wildman–Crippen MR) is 124 cm³/mol. The van der Waals surface area contributed by atoms with Crippen molar-refractivity contribution in [2.75, 3.05) is 11.9 Å². The summed E-state index contributed by atoms with van der Waals surface area (Å²) < 4.78 is 40.9. The van der Waals surface area contributed by atoms with E-state index >= 15 is 0 Å². The smallest absolute Gasteiger partial charge is 0.329 e. The van der Waals surface area contributed by atoms with E-state index in [0.717, 1.165) is 34.5 Å². The Bertz CT molecular complexity index is 1170. The van der Waals surface area contributed by atoms with Crippen molar-refractivity contribution >= 4 is 23.3 Å². The van der Waals surface area contributed by atoms with Crippen molar-refractivity contribution in [3.63, 3.8) is 0 Å². The zero-order valence-electron chi connectivity index (χ0n) is 17.7. The zero-order chi connectivity index (χ0) is 22.7. The van der Waals surface area contributed by atoms with Gasteiger partial charge in [0.25, 0.3) is 0 Å². The van der Waals surface area contributed by atoms with Crippen LogP contribution in [-0.2, 0) is 11.9 Å². The lowest BCUT2D eigenvalue weighted by molar-refractivity contribution is -0.137. The van der Waals surface area contributed by atoms with Gasteiger partial charge in [-0.15, -0.1) is 0 Å². The maximum absolute atomic E-state index is 12.9. The van der Waals surface area contributed by atoms with Gasteiger partial charge in [0.2, 0.25) is 0 Å². The van der Waals surface area contributed by atoms with E-state index in [9.17, 15) is 13.2 Å². The third kappa shape index (κ3) is 4.83. The summed E-state index contributed by atoms with van der Waals surface area (Å²) in [6, 6.07) is 23.4. The van der Waals surface area contributed by atoms with Crippen LogP contribution in [0.5, 0.6) is 0 Å². The molecular weight excluding hydrogens is 431 g/mol. The highest BCUT2D eigenvalue weighted by atomic mass is 32.2. The molecule has 0 saturated heterocycles. The van der Waals surface area contributed by atoms with Gasteiger partial charge < -0.3 is 4.90 Å². The third-order valence-electron chi connectivity index (χ3n) is 5.14. The SMILES string of the molecule is Cc1ccc(CSc2ncc(N(C)c3ccc(C(F)(F)F)cc3)n2-c2ccccc2)cc1. The lowest BCUT2D eigenvalue weighted by Gasteiger charge is -2.22. The van der Waals surface area contributed by atoms with Crippen LogP contribution in [-0.4, -0.2) is 16.6 Å². The fraction of sp³-hybridized carbons (Fsp3) is 0.160.